The summed E-state index contributed by atoms with van der Waals surface area (Å²) in [6.07, 6.45) is -3.70. The highest BCUT2D eigenvalue weighted by Gasteiger charge is 2.35. The van der Waals surface area contributed by atoms with Crippen LogP contribution in [0.25, 0.3) is 0 Å². The van der Waals surface area contributed by atoms with E-state index in [0.717, 1.165) is 17.3 Å². The maximum Gasteiger partial charge on any atom is 0.435 e. The van der Waals surface area contributed by atoms with Crippen LogP contribution in [0.15, 0.2) is 6.07 Å². The van der Waals surface area contributed by atoms with Gasteiger partial charge in [-0.2, -0.15) is 18.0 Å². The van der Waals surface area contributed by atoms with Gasteiger partial charge in [0, 0.05) is 0 Å². The van der Waals surface area contributed by atoms with Gasteiger partial charge in [0.25, 0.3) is 0 Å². The van der Waals surface area contributed by atoms with Crippen LogP contribution in [0.3, 0.4) is 0 Å². The molecule has 0 aliphatic heterocycles. The molecule has 6 heteroatoms. The van der Waals surface area contributed by atoms with Crippen LogP contribution in [0.5, 0.6) is 0 Å². The first-order valence-corrected chi connectivity index (χ1v) is 4.28. The molecule has 0 spiro atoms. The molecule has 1 unspecified atom stereocenters. The predicted molar refractivity (Wildman–Crippen MR) is 46.1 cm³/mol. The van der Waals surface area contributed by atoms with Crippen molar-refractivity contribution in [3.05, 3.63) is 17.5 Å². The molecule has 0 amide bonds. The Balaban J connectivity index is 3.05. The smallest absolute Gasteiger partial charge is 0.323 e. The third-order valence-electron chi connectivity index (χ3n) is 2.17. The summed E-state index contributed by atoms with van der Waals surface area (Å²) >= 11 is 0. The Morgan fingerprint density at radius 1 is 1.57 bits per heavy atom. The molecule has 1 atom stereocenters. The van der Waals surface area contributed by atoms with Gasteiger partial charge in [0.2, 0.25) is 0 Å². The number of hydrogen-bond donors (Lipinski definition) is 1. The lowest BCUT2D eigenvalue weighted by Gasteiger charge is -2.06. The Kier molecular flexibility index (Phi) is 2.73. The lowest BCUT2D eigenvalue weighted by atomic mass is 10.1. The first-order chi connectivity index (χ1) is 6.36. The fourth-order valence-electron chi connectivity index (χ4n) is 1.12. The molecule has 2 N–H and O–H groups in total. The van der Waals surface area contributed by atoms with Crippen molar-refractivity contribution in [2.24, 2.45) is 0 Å². The van der Waals surface area contributed by atoms with E-state index in [1.807, 2.05) is 6.92 Å². The fraction of sp³-hybridized carbons (Fsp3) is 0.625. The minimum atomic E-state index is -4.42. The number of aromatic nitrogens is 2. The van der Waals surface area contributed by atoms with Gasteiger partial charge in [-0.3, -0.25) is 0 Å². The predicted octanol–water partition coefficient (Wildman–Crippen LogP) is 2.13. The molecule has 0 saturated heterocycles. The van der Waals surface area contributed by atoms with Gasteiger partial charge in [-0.05, 0) is 18.4 Å². The average molecular weight is 207 g/mol. The third kappa shape index (κ3) is 2.00. The SMILES string of the molecule is CCC(C)c1cc(C(F)(F)F)nn1N. The molecule has 0 radical (unpaired) electrons. The second kappa shape index (κ2) is 3.51. The largest absolute Gasteiger partial charge is 0.435 e. The molecule has 80 valence electrons. The van der Waals surface area contributed by atoms with Crippen molar-refractivity contribution >= 4 is 0 Å². The van der Waals surface area contributed by atoms with Gasteiger partial charge in [0.1, 0.15) is 0 Å². The monoisotopic (exact) mass is 207 g/mol. The topological polar surface area (TPSA) is 43.8 Å². The summed E-state index contributed by atoms with van der Waals surface area (Å²) < 4.78 is 36.7. The van der Waals surface area contributed by atoms with Gasteiger partial charge in [0.05, 0.1) is 5.69 Å². The van der Waals surface area contributed by atoms with E-state index >= 15 is 0 Å². The quantitative estimate of drug-likeness (QED) is 0.755. The van der Waals surface area contributed by atoms with Crippen molar-refractivity contribution in [3.8, 4) is 0 Å². The van der Waals surface area contributed by atoms with Gasteiger partial charge in [0.15, 0.2) is 5.69 Å². The Morgan fingerprint density at radius 2 is 2.14 bits per heavy atom. The molecular weight excluding hydrogens is 195 g/mol. The number of rotatable bonds is 2. The molecule has 14 heavy (non-hydrogen) atoms. The van der Waals surface area contributed by atoms with Gasteiger partial charge < -0.3 is 5.84 Å². The van der Waals surface area contributed by atoms with Crippen molar-refractivity contribution in [3.63, 3.8) is 0 Å². The van der Waals surface area contributed by atoms with E-state index in [1.54, 1.807) is 6.92 Å². The van der Waals surface area contributed by atoms with Gasteiger partial charge >= 0.3 is 6.18 Å². The molecule has 0 aliphatic rings. The first-order valence-electron chi connectivity index (χ1n) is 4.28. The zero-order valence-corrected chi connectivity index (χ0v) is 7.97. The lowest BCUT2D eigenvalue weighted by molar-refractivity contribution is -0.141. The molecule has 1 aromatic heterocycles. The second-order valence-electron chi connectivity index (χ2n) is 3.21. The van der Waals surface area contributed by atoms with Crippen molar-refractivity contribution in [1.29, 1.82) is 0 Å². The van der Waals surface area contributed by atoms with Gasteiger partial charge in [-0.15, -0.1) is 5.10 Å². The van der Waals surface area contributed by atoms with Gasteiger partial charge in [-0.1, -0.05) is 13.8 Å². The van der Waals surface area contributed by atoms with Crippen LogP contribution in [0.4, 0.5) is 13.2 Å². The van der Waals surface area contributed by atoms with E-state index in [0.29, 0.717) is 5.69 Å². The van der Waals surface area contributed by atoms with Crippen LogP contribution in [-0.4, -0.2) is 9.89 Å². The summed E-state index contributed by atoms with van der Waals surface area (Å²) in [5.74, 6) is 5.30. The minimum Gasteiger partial charge on any atom is -0.323 e. The maximum absolute atomic E-state index is 12.2. The molecule has 0 aromatic carbocycles. The highest BCUT2D eigenvalue weighted by Crippen LogP contribution is 2.30. The van der Waals surface area contributed by atoms with Crippen LogP contribution in [-0.2, 0) is 6.18 Å². The van der Waals surface area contributed by atoms with E-state index in [9.17, 15) is 13.2 Å². The standard InChI is InChI=1S/C8H12F3N3/c1-3-5(2)6-4-7(8(9,10)11)13-14(6)12/h4-5H,3,12H2,1-2H3. The van der Waals surface area contributed by atoms with E-state index in [4.69, 9.17) is 5.84 Å². The number of nitrogen functional groups attached to an aromatic ring is 1. The zero-order valence-electron chi connectivity index (χ0n) is 7.97. The summed E-state index contributed by atoms with van der Waals surface area (Å²) in [7, 11) is 0. The van der Waals surface area contributed by atoms with E-state index in [2.05, 4.69) is 5.10 Å². The Hall–Kier alpha value is -1.20. The Bertz CT molecular complexity index is 316. The van der Waals surface area contributed by atoms with Crippen LogP contribution in [0, 0.1) is 0 Å². The Labute approximate surface area is 79.7 Å². The molecule has 1 rings (SSSR count). The molecule has 0 fully saturated rings. The lowest BCUT2D eigenvalue weighted by Crippen LogP contribution is -2.16. The number of alkyl halides is 3. The summed E-state index contributed by atoms with van der Waals surface area (Å²) in [6.45, 7) is 3.69. The highest BCUT2D eigenvalue weighted by molar-refractivity contribution is 5.16. The van der Waals surface area contributed by atoms with Crippen LogP contribution < -0.4 is 5.84 Å². The summed E-state index contributed by atoms with van der Waals surface area (Å²) in [6, 6.07) is 0.994. The summed E-state index contributed by atoms with van der Waals surface area (Å²) in [4.78, 5) is 0.803. The number of nitrogens with two attached hydrogens (primary N) is 1. The van der Waals surface area contributed by atoms with Crippen LogP contribution in [0.2, 0.25) is 0 Å². The average Bonchev–Trinajstić information content (AvgIpc) is 2.45. The molecule has 1 aromatic rings. The van der Waals surface area contributed by atoms with E-state index in [1.165, 1.54) is 0 Å². The number of halogens is 3. The van der Waals surface area contributed by atoms with Crippen LogP contribution >= 0.6 is 0 Å². The van der Waals surface area contributed by atoms with E-state index in [-0.39, 0.29) is 5.92 Å². The third-order valence-corrected chi connectivity index (χ3v) is 2.17. The highest BCUT2D eigenvalue weighted by atomic mass is 19.4. The van der Waals surface area contributed by atoms with Crippen molar-refractivity contribution < 1.29 is 13.2 Å². The van der Waals surface area contributed by atoms with Crippen LogP contribution in [0.1, 0.15) is 37.6 Å². The van der Waals surface area contributed by atoms with Crippen molar-refractivity contribution in [2.75, 3.05) is 5.84 Å². The molecule has 0 bridgehead atoms. The molecular formula is C8H12F3N3. The molecule has 1 heterocycles. The Morgan fingerprint density at radius 3 is 2.50 bits per heavy atom. The molecule has 0 saturated carbocycles. The van der Waals surface area contributed by atoms with Crippen molar-refractivity contribution in [1.82, 2.24) is 9.89 Å². The minimum absolute atomic E-state index is 0.0244. The number of nitrogens with zero attached hydrogens (tertiary/aromatic N) is 2. The fourth-order valence-corrected chi connectivity index (χ4v) is 1.12. The first kappa shape index (κ1) is 10.9. The summed E-state index contributed by atoms with van der Waals surface area (Å²) in [5, 5.41) is 3.22. The van der Waals surface area contributed by atoms with Gasteiger partial charge in [-0.25, -0.2) is 0 Å². The maximum atomic E-state index is 12.2. The zero-order chi connectivity index (χ0) is 10.9. The summed E-state index contributed by atoms with van der Waals surface area (Å²) in [5.41, 5.74) is -0.532. The van der Waals surface area contributed by atoms with E-state index < -0.39 is 11.9 Å². The second-order valence-corrected chi connectivity index (χ2v) is 3.21. The van der Waals surface area contributed by atoms with Crippen molar-refractivity contribution in [2.45, 2.75) is 32.4 Å². The number of hydrogen-bond acceptors (Lipinski definition) is 2. The molecule has 3 nitrogen and oxygen atoms in total. The normalized spacial score (nSPS) is 14.4. The molecule has 0 aliphatic carbocycles.